The highest BCUT2D eigenvalue weighted by Crippen LogP contribution is 2.25. The Morgan fingerprint density at radius 1 is 1.17 bits per heavy atom. The molecule has 24 heavy (non-hydrogen) atoms. The second-order valence-electron chi connectivity index (χ2n) is 6.86. The van der Waals surface area contributed by atoms with E-state index in [1.54, 1.807) is 0 Å². The molecule has 3 atom stereocenters. The van der Waals surface area contributed by atoms with E-state index in [0.717, 1.165) is 51.1 Å². The summed E-state index contributed by atoms with van der Waals surface area (Å²) in [7, 11) is 0. The van der Waals surface area contributed by atoms with Crippen molar-refractivity contribution in [3.63, 3.8) is 0 Å². The van der Waals surface area contributed by atoms with E-state index in [4.69, 9.17) is 9.47 Å². The summed E-state index contributed by atoms with van der Waals surface area (Å²) in [6.07, 6.45) is 5.12. The number of carbonyl (C=O) groups is 1. The molecule has 2 amide bonds. The van der Waals surface area contributed by atoms with Crippen LogP contribution >= 0.6 is 0 Å². The number of para-hydroxylation sites is 1. The number of nitrogens with one attached hydrogen (secondary N) is 2. The van der Waals surface area contributed by atoms with Crippen LogP contribution in [0.2, 0.25) is 0 Å². The number of benzene rings is 1. The van der Waals surface area contributed by atoms with Crippen molar-refractivity contribution in [2.75, 3.05) is 13.2 Å². The van der Waals surface area contributed by atoms with Crippen LogP contribution in [0.5, 0.6) is 5.75 Å². The van der Waals surface area contributed by atoms with Crippen molar-refractivity contribution < 1.29 is 14.3 Å². The van der Waals surface area contributed by atoms with Gasteiger partial charge in [-0.3, -0.25) is 0 Å². The minimum absolute atomic E-state index is 0.0523. The predicted molar refractivity (Wildman–Crippen MR) is 93.2 cm³/mol. The third-order valence-electron chi connectivity index (χ3n) is 5.13. The summed E-state index contributed by atoms with van der Waals surface area (Å²) in [5.74, 6) is 1.37. The van der Waals surface area contributed by atoms with E-state index in [-0.39, 0.29) is 24.2 Å². The second-order valence-corrected chi connectivity index (χ2v) is 6.86. The zero-order valence-electron chi connectivity index (χ0n) is 14.4. The largest absolute Gasteiger partial charge is 0.488 e. The van der Waals surface area contributed by atoms with Crippen LogP contribution in [0.3, 0.4) is 0 Å². The lowest BCUT2D eigenvalue weighted by Gasteiger charge is -2.29. The fraction of sp³-hybridized carbons (Fsp3) is 0.632. The van der Waals surface area contributed by atoms with E-state index in [9.17, 15) is 4.79 Å². The SMILES string of the molecule is C[C@H](NC(=O)N[C@@H]1CCC[C@H]1Oc1ccccc1)C1CCOCC1. The quantitative estimate of drug-likeness (QED) is 0.871. The fourth-order valence-electron chi connectivity index (χ4n) is 3.66. The van der Waals surface area contributed by atoms with Gasteiger partial charge in [0.1, 0.15) is 11.9 Å². The summed E-state index contributed by atoms with van der Waals surface area (Å²) >= 11 is 0. The van der Waals surface area contributed by atoms with Crippen molar-refractivity contribution >= 4 is 6.03 Å². The monoisotopic (exact) mass is 332 g/mol. The van der Waals surface area contributed by atoms with Crippen LogP contribution in [0.1, 0.15) is 39.0 Å². The van der Waals surface area contributed by atoms with Crippen molar-refractivity contribution in [1.82, 2.24) is 10.6 Å². The highest BCUT2D eigenvalue weighted by atomic mass is 16.5. The first-order valence-corrected chi connectivity index (χ1v) is 9.09. The maximum Gasteiger partial charge on any atom is 0.315 e. The first-order valence-electron chi connectivity index (χ1n) is 9.09. The summed E-state index contributed by atoms with van der Waals surface area (Å²) in [5, 5.41) is 6.21. The van der Waals surface area contributed by atoms with Gasteiger partial charge in [0.05, 0.1) is 6.04 Å². The number of hydrogen-bond acceptors (Lipinski definition) is 3. The van der Waals surface area contributed by atoms with E-state index in [2.05, 4.69) is 17.6 Å². The maximum atomic E-state index is 12.3. The third-order valence-corrected chi connectivity index (χ3v) is 5.13. The molecular weight excluding hydrogens is 304 g/mol. The highest BCUT2D eigenvalue weighted by Gasteiger charge is 2.31. The molecule has 2 fully saturated rings. The summed E-state index contributed by atoms with van der Waals surface area (Å²) in [6, 6.07) is 10.00. The number of hydrogen-bond donors (Lipinski definition) is 2. The average Bonchev–Trinajstić information content (AvgIpc) is 3.03. The Labute approximate surface area is 144 Å². The Morgan fingerprint density at radius 2 is 1.92 bits per heavy atom. The van der Waals surface area contributed by atoms with Crippen molar-refractivity contribution in [2.24, 2.45) is 5.92 Å². The number of amides is 2. The van der Waals surface area contributed by atoms with Gasteiger partial charge in [-0.25, -0.2) is 4.79 Å². The number of carbonyl (C=O) groups excluding carboxylic acids is 1. The summed E-state index contributed by atoms with van der Waals surface area (Å²) in [4.78, 5) is 12.3. The first kappa shape index (κ1) is 17.1. The Balaban J connectivity index is 1.47. The molecule has 0 aromatic heterocycles. The van der Waals surface area contributed by atoms with Crippen LogP contribution in [0.15, 0.2) is 30.3 Å². The van der Waals surface area contributed by atoms with E-state index < -0.39 is 0 Å². The molecule has 1 aromatic carbocycles. The second kappa shape index (κ2) is 8.38. The van der Waals surface area contributed by atoms with Gasteiger partial charge in [0, 0.05) is 19.3 Å². The van der Waals surface area contributed by atoms with Gasteiger partial charge >= 0.3 is 6.03 Å². The molecule has 1 heterocycles. The van der Waals surface area contributed by atoms with Gasteiger partial charge in [-0.2, -0.15) is 0 Å². The lowest BCUT2D eigenvalue weighted by molar-refractivity contribution is 0.0569. The van der Waals surface area contributed by atoms with Gasteiger partial charge < -0.3 is 20.1 Å². The Morgan fingerprint density at radius 3 is 2.67 bits per heavy atom. The molecule has 1 aromatic rings. The normalized spacial score (nSPS) is 25.9. The molecule has 132 valence electrons. The molecule has 1 aliphatic carbocycles. The Bertz CT molecular complexity index is 517. The molecule has 5 nitrogen and oxygen atoms in total. The van der Waals surface area contributed by atoms with Crippen molar-refractivity contribution in [1.29, 1.82) is 0 Å². The molecule has 5 heteroatoms. The van der Waals surface area contributed by atoms with Crippen LogP contribution in [0.4, 0.5) is 4.79 Å². The molecule has 2 N–H and O–H groups in total. The maximum absolute atomic E-state index is 12.3. The van der Waals surface area contributed by atoms with Gasteiger partial charge in [-0.05, 0) is 57.1 Å². The van der Waals surface area contributed by atoms with Gasteiger partial charge in [0.15, 0.2) is 0 Å². The van der Waals surface area contributed by atoms with E-state index in [0.29, 0.717) is 5.92 Å². The number of urea groups is 1. The lowest BCUT2D eigenvalue weighted by Crippen LogP contribution is -2.51. The van der Waals surface area contributed by atoms with E-state index in [1.165, 1.54) is 0 Å². The standard InChI is InChI=1S/C19H28N2O3/c1-14(15-10-12-23-13-11-15)20-19(22)21-17-8-5-9-18(17)24-16-6-3-2-4-7-16/h2-4,6-7,14-15,17-18H,5,8-13H2,1H3,(H2,20,21,22)/t14-,17+,18+/m0/s1. The molecule has 0 spiro atoms. The smallest absolute Gasteiger partial charge is 0.315 e. The van der Waals surface area contributed by atoms with Crippen LogP contribution < -0.4 is 15.4 Å². The van der Waals surface area contributed by atoms with E-state index in [1.807, 2.05) is 30.3 Å². The van der Waals surface area contributed by atoms with Gasteiger partial charge in [0.2, 0.25) is 0 Å². The molecule has 2 aliphatic rings. The topological polar surface area (TPSA) is 59.6 Å². The lowest BCUT2D eigenvalue weighted by atomic mass is 9.93. The Kier molecular flexibility index (Phi) is 5.96. The molecule has 1 aliphatic heterocycles. The summed E-state index contributed by atoms with van der Waals surface area (Å²) < 4.78 is 11.4. The van der Waals surface area contributed by atoms with Crippen molar-refractivity contribution in [3.8, 4) is 5.75 Å². The number of ether oxygens (including phenoxy) is 2. The van der Waals surface area contributed by atoms with Crippen molar-refractivity contribution in [3.05, 3.63) is 30.3 Å². The van der Waals surface area contributed by atoms with Crippen LogP contribution in [-0.2, 0) is 4.74 Å². The number of rotatable bonds is 5. The van der Waals surface area contributed by atoms with E-state index >= 15 is 0 Å². The minimum atomic E-state index is -0.0810. The van der Waals surface area contributed by atoms with Gasteiger partial charge in [-0.1, -0.05) is 18.2 Å². The summed E-state index contributed by atoms with van der Waals surface area (Å²) in [6.45, 7) is 3.68. The van der Waals surface area contributed by atoms with Gasteiger partial charge in [-0.15, -0.1) is 0 Å². The fourth-order valence-corrected chi connectivity index (χ4v) is 3.66. The molecule has 1 saturated heterocycles. The average molecular weight is 332 g/mol. The van der Waals surface area contributed by atoms with Crippen LogP contribution in [0.25, 0.3) is 0 Å². The molecule has 3 rings (SSSR count). The first-order chi connectivity index (χ1) is 11.7. The minimum Gasteiger partial charge on any atom is -0.488 e. The van der Waals surface area contributed by atoms with Crippen molar-refractivity contribution in [2.45, 2.75) is 57.2 Å². The molecule has 0 unspecified atom stereocenters. The van der Waals surface area contributed by atoms with Crippen LogP contribution in [0, 0.1) is 5.92 Å². The van der Waals surface area contributed by atoms with Crippen LogP contribution in [-0.4, -0.2) is 37.4 Å². The zero-order chi connectivity index (χ0) is 16.8. The molecular formula is C19H28N2O3. The summed E-state index contributed by atoms with van der Waals surface area (Å²) in [5.41, 5.74) is 0. The third kappa shape index (κ3) is 4.63. The van der Waals surface area contributed by atoms with Gasteiger partial charge in [0.25, 0.3) is 0 Å². The molecule has 1 saturated carbocycles. The Hall–Kier alpha value is -1.75. The predicted octanol–water partition coefficient (Wildman–Crippen LogP) is 3.10. The zero-order valence-corrected chi connectivity index (χ0v) is 14.4. The molecule has 0 radical (unpaired) electrons. The highest BCUT2D eigenvalue weighted by molar-refractivity contribution is 5.74. The molecule has 0 bridgehead atoms.